The quantitative estimate of drug-likeness (QED) is 0.778. The fourth-order valence-electron chi connectivity index (χ4n) is 2.55. The number of para-hydroxylation sites is 1. The third kappa shape index (κ3) is 3.70. The summed E-state index contributed by atoms with van der Waals surface area (Å²) in [6.07, 6.45) is 1.52. The Kier molecular flexibility index (Phi) is 2.68. The van der Waals surface area contributed by atoms with Gasteiger partial charge >= 0.3 is 0 Å². The number of likely N-dealkylation sites (N-methyl/N-ethyl adjacent to an activating group) is 1. The van der Waals surface area contributed by atoms with Gasteiger partial charge in [0.2, 0.25) is 5.95 Å². The minimum atomic E-state index is -2.91. The van der Waals surface area contributed by atoms with Crippen LogP contribution >= 0.6 is 0 Å². The highest BCUT2D eigenvalue weighted by Crippen LogP contribution is 2.25. The van der Waals surface area contributed by atoms with Gasteiger partial charge in [-0.3, -0.25) is 0 Å². The molecular formula is C20H24N6. The molecule has 0 unspecified atom stereocenters. The first-order valence-corrected chi connectivity index (χ1v) is 8.10. The van der Waals surface area contributed by atoms with Crippen LogP contribution in [0.3, 0.4) is 0 Å². The van der Waals surface area contributed by atoms with E-state index in [0.29, 0.717) is 21.1 Å². The number of piperazine rings is 1. The fraction of sp³-hybridized carbons (Fsp3) is 0.300. The molecule has 134 valence electrons. The van der Waals surface area contributed by atoms with E-state index < -0.39 is 26.0 Å². The molecule has 1 aliphatic heterocycles. The number of aryl methyl sites for hydroxylation is 1. The Morgan fingerprint density at radius 3 is 2.54 bits per heavy atom. The number of anilines is 3. The largest absolute Gasteiger partial charge is 0.369 e. The summed E-state index contributed by atoms with van der Waals surface area (Å²) in [5, 5.41) is 7.37. The zero-order valence-electron chi connectivity index (χ0n) is 22.4. The zero-order valence-corrected chi connectivity index (χ0v) is 14.4. The van der Waals surface area contributed by atoms with Gasteiger partial charge in [0.15, 0.2) is 0 Å². The molecule has 1 aromatic heterocycles. The van der Waals surface area contributed by atoms with Crippen LogP contribution in [0.2, 0.25) is 0 Å². The molecule has 1 N–H and O–H groups in total. The van der Waals surface area contributed by atoms with Gasteiger partial charge in [-0.15, -0.1) is 5.10 Å². The predicted molar refractivity (Wildman–Crippen MR) is 106 cm³/mol. The van der Waals surface area contributed by atoms with Gasteiger partial charge in [-0.2, -0.15) is 4.98 Å². The van der Waals surface area contributed by atoms with Gasteiger partial charge in [-0.05, 0) is 49.9 Å². The number of rotatable bonds is 4. The molecule has 2 aromatic carbocycles. The molecule has 2 heterocycles. The van der Waals surface area contributed by atoms with Crippen LogP contribution in [0.1, 0.15) is 16.5 Å². The fourth-order valence-corrected chi connectivity index (χ4v) is 2.55. The van der Waals surface area contributed by atoms with Gasteiger partial charge in [0.25, 0.3) is 0 Å². The van der Waals surface area contributed by atoms with Crippen LogP contribution in [0, 0.1) is 6.92 Å². The lowest BCUT2D eigenvalue weighted by atomic mass is 10.1. The molecule has 1 aliphatic rings. The van der Waals surface area contributed by atoms with E-state index in [1.54, 1.807) is 17.7 Å². The van der Waals surface area contributed by atoms with E-state index in [1.807, 2.05) is 30.3 Å². The summed E-state index contributed by atoms with van der Waals surface area (Å²) >= 11 is 0. The molecule has 6 heteroatoms. The van der Waals surface area contributed by atoms with Gasteiger partial charge in [0.1, 0.15) is 6.33 Å². The summed E-state index contributed by atoms with van der Waals surface area (Å²) < 4.78 is 68.4. The number of nitrogens with one attached hydrogen (secondary N) is 1. The molecule has 26 heavy (non-hydrogen) atoms. The predicted octanol–water partition coefficient (Wildman–Crippen LogP) is 3.07. The second kappa shape index (κ2) is 7.17. The number of nitrogens with zero attached hydrogens (tertiary/aromatic N) is 5. The van der Waals surface area contributed by atoms with Crippen LogP contribution in [0.15, 0.2) is 54.9 Å². The maximum absolute atomic E-state index is 8.47. The van der Waals surface area contributed by atoms with Crippen molar-refractivity contribution in [2.45, 2.75) is 6.92 Å². The van der Waals surface area contributed by atoms with Gasteiger partial charge in [0.05, 0.1) is 11.2 Å². The van der Waals surface area contributed by atoms with E-state index >= 15 is 0 Å². The average molecular weight is 357 g/mol. The summed E-state index contributed by atoms with van der Waals surface area (Å²) in [5.74, 6) is 0.246. The monoisotopic (exact) mass is 356 g/mol. The second-order valence-electron chi connectivity index (χ2n) is 5.87. The summed E-state index contributed by atoms with van der Waals surface area (Å²) in [5.41, 5.74) is 1.80. The van der Waals surface area contributed by atoms with Crippen LogP contribution in [0.25, 0.3) is 5.69 Å². The van der Waals surface area contributed by atoms with Crippen LogP contribution in [-0.2, 0) is 0 Å². The van der Waals surface area contributed by atoms with E-state index in [9.17, 15) is 0 Å². The van der Waals surface area contributed by atoms with Crippen LogP contribution < -0.4 is 10.2 Å². The Hall–Kier alpha value is -2.86. The Bertz CT molecular complexity index is 1170. The van der Waals surface area contributed by atoms with Crippen molar-refractivity contribution < 1.29 is 11.0 Å². The van der Waals surface area contributed by atoms with Crippen molar-refractivity contribution in [2.75, 3.05) is 43.3 Å². The molecule has 0 atom stereocenters. The number of aromatic nitrogens is 3. The van der Waals surface area contributed by atoms with Gasteiger partial charge in [0, 0.05) is 42.8 Å². The third-order valence-electron chi connectivity index (χ3n) is 3.75. The molecule has 0 spiro atoms. The van der Waals surface area contributed by atoms with Crippen LogP contribution in [0.4, 0.5) is 17.3 Å². The average Bonchev–Trinajstić information content (AvgIpc) is 3.20. The van der Waals surface area contributed by atoms with Crippen LogP contribution in [-0.4, -0.2) is 52.7 Å². The summed E-state index contributed by atoms with van der Waals surface area (Å²) in [7, 11) is 1.03. The topological polar surface area (TPSA) is 49.2 Å². The lowest BCUT2D eigenvalue weighted by Crippen LogP contribution is -2.44. The van der Waals surface area contributed by atoms with Crippen molar-refractivity contribution >= 4 is 17.3 Å². The maximum atomic E-state index is 8.47. The third-order valence-corrected chi connectivity index (χ3v) is 3.75. The van der Waals surface area contributed by atoms with E-state index in [-0.39, 0.29) is 11.6 Å². The molecule has 0 aliphatic carbocycles. The van der Waals surface area contributed by atoms with Gasteiger partial charge in [-0.25, -0.2) is 4.68 Å². The normalized spacial score (nSPS) is 27.5. The summed E-state index contributed by atoms with van der Waals surface area (Å²) in [6, 6.07) is 14.0. The molecule has 4 rings (SSSR count). The second-order valence-corrected chi connectivity index (χ2v) is 5.87. The highest BCUT2D eigenvalue weighted by atomic mass is 15.4. The van der Waals surface area contributed by atoms with E-state index in [2.05, 4.69) is 15.4 Å². The van der Waals surface area contributed by atoms with E-state index in [4.69, 9.17) is 11.0 Å². The SMILES string of the molecule is [2H]C1([2H])N(C)C([2H])([2H])C([2H])([2H])N(c2cc(C)cc(Nc3ncn(-c4ccccc4)n3)c2)C1([2H])[2H]. The first-order chi connectivity index (χ1) is 15.7. The number of hydrogen-bond acceptors (Lipinski definition) is 5. The molecule has 0 radical (unpaired) electrons. The summed E-state index contributed by atoms with van der Waals surface area (Å²) in [4.78, 5) is 5.23. The Balaban J connectivity index is 1.74. The van der Waals surface area contributed by atoms with E-state index in [1.165, 1.54) is 18.5 Å². The first-order valence-electron chi connectivity index (χ1n) is 12.1. The highest BCUT2D eigenvalue weighted by molar-refractivity contribution is 5.64. The molecule has 3 aromatic rings. The number of hydrogen-bond donors (Lipinski definition) is 1. The highest BCUT2D eigenvalue weighted by Gasteiger charge is 2.15. The lowest BCUT2D eigenvalue weighted by Gasteiger charge is -2.34. The van der Waals surface area contributed by atoms with Crippen LogP contribution in [0.5, 0.6) is 0 Å². The minimum absolute atomic E-state index is 0.0270. The van der Waals surface area contributed by atoms with Crippen molar-refractivity contribution in [3.8, 4) is 5.69 Å². The zero-order chi connectivity index (χ0) is 25.1. The molecule has 0 saturated carbocycles. The molecule has 0 bridgehead atoms. The lowest BCUT2D eigenvalue weighted by molar-refractivity contribution is 0.313. The first kappa shape index (κ1) is 9.73. The molecule has 1 saturated heterocycles. The number of benzene rings is 2. The maximum Gasteiger partial charge on any atom is 0.246 e. The van der Waals surface area contributed by atoms with Crippen molar-refractivity contribution in [3.63, 3.8) is 0 Å². The van der Waals surface area contributed by atoms with Gasteiger partial charge in [-0.1, -0.05) is 18.2 Å². The van der Waals surface area contributed by atoms with Crippen molar-refractivity contribution in [2.24, 2.45) is 0 Å². The van der Waals surface area contributed by atoms with E-state index in [0.717, 1.165) is 12.7 Å². The minimum Gasteiger partial charge on any atom is -0.369 e. The summed E-state index contributed by atoms with van der Waals surface area (Å²) in [6.45, 7) is -9.77. The van der Waals surface area contributed by atoms with Crippen molar-refractivity contribution in [1.82, 2.24) is 19.7 Å². The Morgan fingerprint density at radius 1 is 1.00 bits per heavy atom. The molecule has 0 amide bonds. The molecule has 6 nitrogen and oxygen atoms in total. The smallest absolute Gasteiger partial charge is 0.246 e. The Morgan fingerprint density at radius 2 is 1.77 bits per heavy atom. The van der Waals surface area contributed by atoms with Crippen molar-refractivity contribution in [3.05, 3.63) is 60.4 Å². The molecular weight excluding hydrogens is 324 g/mol. The standard InChI is InChI=1S/C20H24N6/c1-16-12-17(14-19(13-16)25-10-8-24(2)9-11-25)22-20-21-15-26(23-20)18-6-4-3-5-7-18/h3-7,12-15H,8-11H2,1-2H3,(H,22,23)/i8D2,9D2,10D2,11D2. The Labute approximate surface area is 165 Å². The van der Waals surface area contributed by atoms with Crippen molar-refractivity contribution in [1.29, 1.82) is 0 Å². The molecule has 1 fully saturated rings. The van der Waals surface area contributed by atoms with Gasteiger partial charge < -0.3 is 15.1 Å².